The van der Waals surface area contributed by atoms with Crippen molar-refractivity contribution in [2.24, 2.45) is 0 Å². The number of nitrogens with zero attached hydrogens (tertiary/aromatic N) is 2. The maximum atomic E-state index is 11.8. The van der Waals surface area contributed by atoms with E-state index in [1.807, 2.05) is 18.2 Å². The summed E-state index contributed by atoms with van der Waals surface area (Å²) in [7, 11) is 2.07. The molecule has 0 spiro atoms. The normalized spacial score (nSPS) is 10.7. The fraction of sp³-hybridized carbons (Fsp3) is 0.333. The third-order valence-electron chi connectivity index (χ3n) is 3.55. The lowest BCUT2D eigenvalue weighted by Crippen LogP contribution is -2.33. The summed E-state index contributed by atoms with van der Waals surface area (Å²) in [5.41, 5.74) is 1.12. The predicted octanol–water partition coefficient (Wildman–Crippen LogP) is 1.49. The van der Waals surface area contributed by atoms with Gasteiger partial charge in [-0.3, -0.25) is 9.59 Å². The van der Waals surface area contributed by atoms with Crippen LogP contribution in [0.15, 0.2) is 59.5 Å². The van der Waals surface area contributed by atoms with Gasteiger partial charge in [0.2, 0.25) is 5.91 Å². The van der Waals surface area contributed by atoms with Crippen LogP contribution in [0.2, 0.25) is 0 Å². The number of rotatable bonds is 8. The second-order valence-corrected chi connectivity index (χ2v) is 5.59. The Balaban J connectivity index is 1.64. The van der Waals surface area contributed by atoms with Gasteiger partial charge in [-0.05, 0) is 31.6 Å². The third kappa shape index (κ3) is 6.08. The summed E-state index contributed by atoms with van der Waals surface area (Å²) in [4.78, 5) is 25.6. The highest BCUT2D eigenvalue weighted by molar-refractivity contribution is 5.75. The van der Waals surface area contributed by atoms with Crippen molar-refractivity contribution in [2.45, 2.75) is 19.5 Å². The number of nitrogens with one attached hydrogen (secondary N) is 1. The summed E-state index contributed by atoms with van der Waals surface area (Å²) in [6.45, 7) is 2.48. The van der Waals surface area contributed by atoms with Crippen LogP contribution in [-0.2, 0) is 17.9 Å². The van der Waals surface area contributed by atoms with Gasteiger partial charge >= 0.3 is 0 Å². The zero-order valence-electron chi connectivity index (χ0n) is 13.4. The van der Waals surface area contributed by atoms with E-state index in [-0.39, 0.29) is 18.0 Å². The number of aromatic nitrogens is 1. The molecule has 0 atom stereocenters. The van der Waals surface area contributed by atoms with Crippen LogP contribution >= 0.6 is 0 Å². The average molecular weight is 313 g/mol. The molecule has 0 radical (unpaired) electrons. The van der Waals surface area contributed by atoms with Crippen LogP contribution in [0.1, 0.15) is 12.0 Å². The highest BCUT2D eigenvalue weighted by Crippen LogP contribution is 2.02. The summed E-state index contributed by atoms with van der Waals surface area (Å²) >= 11 is 0. The molecule has 0 saturated heterocycles. The van der Waals surface area contributed by atoms with Crippen molar-refractivity contribution in [3.05, 3.63) is 70.6 Å². The third-order valence-corrected chi connectivity index (χ3v) is 3.55. The zero-order valence-corrected chi connectivity index (χ0v) is 13.4. The number of pyridine rings is 1. The number of carbonyl (C=O) groups excluding carboxylic acids is 1. The molecular weight excluding hydrogens is 290 g/mol. The van der Waals surface area contributed by atoms with Crippen molar-refractivity contribution in [3.63, 3.8) is 0 Å². The minimum absolute atomic E-state index is 0.0690. The minimum Gasteiger partial charge on any atom is -0.355 e. The number of carbonyl (C=O) groups is 1. The highest BCUT2D eigenvalue weighted by Gasteiger charge is 2.04. The van der Waals surface area contributed by atoms with Crippen LogP contribution in [0.3, 0.4) is 0 Å². The monoisotopic (exact) mass is 313 g/mol. The van der Waals surface area contributed by atoms with Crippen LogP contribution < -0.4 is 10.9 Å². The molecule has 0 fully saturated rings. The van der Waals surface area contributed by atoms with Gasteiger partial charge in [0.25, 0.3) is 5.56 Å². The van der Waals surface area contributed by atoms with E-state index in [4.69, 9.17) is 0 Å². The molecule has 1 N–H and O–H groups in total. The van der Waals surface area contributed by atoms with Gasteiger partial charge in [0, 0.05) is 25.4 Å². The van der Waals surface area contributed by atoms with Gasteiger partial charge in [0.05, 0.1) is 0 Å². The van der Waals surface area contributed by atoms with Gasteiger partial charge in [0.1, 0.15) is 6.54 Å². The number of amides is 1. The smallest absolute Gasteiger partial charge is 0.250 e. The van der Waals surface area contributed by atoms with E-state index < -0.39 is 0 Å². The van der Waals surface area contributed by atoms with Crippen LogP contribution in [0.5, 0.6) is 0 Å². The zero-order chi connectivity index (χ0) is 16.5. The van der Waals surface area contributed by atoms with E-state index in [2.05, 4.69) is 29.4 Å². The first-order chi connectivity index (χ1) is 11.1. The molecule has 1 aromatic carbocycles. The van der Waals surface area contributed by atoms with E-state index in [9.17, 15) is 9.59 Å². The molecule has 0 bridgehead atoms. The molecule has 5 nitrogen and oxygen atoms in total. The largest absolute Gasteiger partial charge is 0.355 e. The summed E-state index contributed by atoms with van der Waals surface area (Å²) < 4.78 is 1.40. The molecule has 1 heterocycles. The van der Waals surface area contributed by atoms with Crippen LogP contribution in [-0.4, -0.2) is 35.5 Å². The molecule has 0 aliphatic heterocycles. The molecule has 0 aliphatic carbocycles. The molecular formula is C18H23N3O2. The Kier molecular flexibility index (Phi) is 6.56. The molecule has 5 heteroatoms. The van der Waals surface area contributed by atoms with Gasteiger partial charge < -0.3 is 14.8 Å². The van der Waals surface area contributed by atoms with Gasteiger partial charge in [-0.15, -0.1) is 0 Å². The van der Waals surface area contributed by atoms with E-state index in [1.54, 1.807) is 18.3 Å². The minimum atomic E-state index is -0.162. The first-order valence-corrected chi connectivity index (χ1v) is 7.80. The summed E-state index contributed by atoms with van der Waals surface area (Å²) in [5, 5.41) is 2.85. The first-order valence-electron chi connectivity index (χ1n) is 7.80. The summed E-state index contributed by atoms with van der Waals surface area (Å²) in [6.07, 6.45) is 2.49. The van der Waals surface area contributed by atoms with Gasteiger partial charge in [-0.2, -0.15) is 0 Å². The lowest BCUT2D eigenvalue weighted by molar-refractivity contribution is -0.121. The molecule has 2 aromatic rings. The quantitative estimate of drug-likeness (QED) is 0.751. The Morgan fingerprint density at radius 1 is 1.13 bits per heavy atom. The topological polar surface area (TPSA) is 54.3 Å². The SMILES string of the molecule is CN(CCCNC(=O)Cn1ccccc1=O)Cc1ccccc1. The van der Waals surface area contributed by atoms with Crippen molar-refractivity contribution in [3.8, 4) is 0 Å². The number of benzene rings is 1. The molecule has 0 unspecified atom stereocenters. The van der Waals surface area contributed by atoms with Crippen molar-refractivity contribution in [1.29, 1.82) is 0 Å². The van der Waals surface area contributed by atoms with E-state index in [0.717, 1.165) is 19.5 Å². The Labute approximate surface area is 136 Å². The van der Waals surface area contributed by atoms with Gasteiger partial charge in [-0.25, -0.2) is 0 Å². The Morgan fingerprint density at radius 3 is 2.61 bits per heavy atom. The fourth-order valence-electron chi connectivity index (χ4n) is 2.35. The predicted molar refractivity (Wildman–Crippen MR) is 91.1 cm³/mol. The molecule has 0 aliphatic rings. The Bertz CT molecular complexity index is 667. The molecule has 23 heavy (non-hydrogen) atoms. The van der Waals surface area contributed by atoms with E-state index >= 15 is 0 Å². The van der Waals surface area contributed by atoms with Crippen LogP contribution in [0.25, 0.3) is 0 Å². The summed E-state index contributed by atoms with van der Waals surface area (Å²) in [5.74, 6) is -0.135. The van der Waals surface area contributed by atoms with E-state index in [0.29, 0.717) is 6.54 Å². The average Bonchev–Trinajstić information content (AvgIpc) is 2.55. The lowest BCUT2D eigenvalue weighted by atomic mass is 10.2. The highest BCUT2D eigenvalue weighted by atomic mass is 16.2. The lowest BCUT2D eigenvalue weighted by Gasteiger charge is -2.16. The molecule has 2 rings (SSSR count). The Hall–Kier alpha value is -2.40. The van der Waals surface area contributed by atoms with Crippen molar-refractivity contribution < 1.29 is 4.79 Å². The van der Waals surface area contributed by atoms with Crippen molar-refractivity contribution >= 4 is 5.91 Å². The van der Waals surface area contributed by atoms with Crippen molar-refractivity contribution in [1.82, 2.24) is 14.8 Å². The Morgan fingerprint density at radius 2 is 1.87 bits per heavy atom. The van der Waals surface area contributed by atoms with Gasteiger partial charge in [0.15, 0.2) is 0 Å². The van der Waals surface area contributed by atoms with E-state index in [1.165, 1.54) is 16.2 Å². The maximum Gasteiger partial charge on any atom is 0.250 e. The van der Waals surface area contributed by atoms with Crippen LogP contribution in [0.4, 0.5) is 0 Å². The molecule has 1 amide bonds. The van der Waals surface area contributed by atoms with Gasteiger partial charge in [-0.1, -0.05) is 36.4 Å². The standard InChI is InChI=1S/C18H23N3O2/c1-20(14-16-8-3-2-4-9-16)12-7-11-19-17(22)15-21-13-6-5-10-18(21)23/h2-6,8-10,13H,7,11-12,14-15H2,1H3,(H,19,22). The fourth-order valence-corrected chi connectivity index (χ4v) is 2.35. The molecule has 0 saturated carbocycles. The summed E-state index contributed by atoms with van der Waals surface area (Å²) in [6, 6.07) is 15.2. The second-order valence-electron chi connectivity index (χ2n) is 5.59. The molecule has 122 valence electrons. The van der Waals surface area contributed by atoms with Crippen molar-refractivity contribution in [2.75, 3.05) is 20.1 Å². The second kappa shape index (κ2) is 8.90. The molecule has 1 aromatic heterocycles. The number of hydrogen-bond acceptors (Lipinski definition) is 3. The maximum absolute atomic E-state index is 11.8. The van der Waals surface area contributed by atoms with Crippen LogP contribution in [0, 0.1) is 0 Å². The first kappa shape index (κ1) is 17.0. The number of hydrogen-bond donors (Lipinski definition) is 1.